The van der Waals surface area contributed by atoms with Crippen LogP contribution in [-0.2, 0) is 11.2 Å². The Morgan fingerprint density at radius 1 is 1.24 bits per heavy atom. The SMILES string of the molecule is O=C(NCCc1ccccn1)C1CC12CCN(C(=O)c1ccc(F)c(Cl)c1)CC2. The van der Waals surface area contributed by atoms with Crippen LogP contribution in [0.1, 0.15) is 35.3 Å². The van der Waals surface area contributed by atoms with Crippen LogP contribution in [0.3, 0.4) is 0 Å². The lowest BCUT2D eigenvalue weighted by molar-refractivity contribution is -0.123. The maximum Gasteiger partial charge on any atom is 0.253 e. The Hall–Kier alpha value is -2.47. The Morgan fingerprint density at radius 2 is 2.03 bits per heavy atom. The number of carbonyl (C=O) groups excluding carboxylic acids is 2. The van der Waals surface area contributed by atoms with E-state index in [0.717, 1.165) is 31.4 Å². The number of halogens is 2. The molecule has 152 valence electrons. The largest absolute Gasteiger partial charge is 0.355 e. The minimum absolute atomic E-state index is 0.0201. The molecule has 7 heteroatoms. The summed E-state index contributed by atoms with van der Waals surface area (Å²) in [6.07, 6.45) is 4.97. The lowest BCUT2D eigenvalue weighted by atomic mass is 9.90. The standard InChI is InChI=1S/C22H23ClFN3O2/c23-18-13-15(4-5-19(18)24)21(29)27-11-7-22(8-12-27)14-17(22)20(28)26-10-6-16-3-1-2-9-25-16/h1-5,9,13,17H,6-8,10-12,14H2,(H,26,28). The number of aromatic nitrogens is 1. The van der Waals surface area contributed by atoms with Crippen molar-refractivity contribution in [1.82, 2.24) is 15.2 Å². The highest BCUT2D eigenvalue weighted by Gasteiger charge is 2.58. The summed E-state index contributed by atoms with van der Waals surface area (Å²) in [6, 6.07) is 9.81. The molecule has 1 aromatic heterocycles. The van der Waals surface area contributed by atoms with Crippen LogP contribution in [0.4, 0.5) is 4.39 Å². The average Bonchev–Trinajstić information content (AvgIpc) is 3.44. The van der Waals surface area contributed by atoms with Crippen LogP contribution in [0.15, 0.2) is 42.6 Å². The van der Waals surface area contributed by atoms with Crippen LogP contribution < -0.4 is 5.32 Å². The molecule has 2 amide bonds. The van der Waals surface area contributed by atoms with Gasteiger partial charge in [0.15, 0.2) is 0 Å². The molecule has 1 saturated carbocycles. The van der Waals surface area contributed by atoms with Gasteiger partial charge in [-0.3, -0.25) is 14.6 Å². The third-order valence-corrected chi connectivity index (χ3v) is 6.42. The van der Waals surface area contributed by atoms with Crippen molar-refractivity contribution in [3.63, 3.8) is 0 Å². The number of likely N-dealkylation sites (tertiary alicyclic amines) is 1. The number of nitrogens with one attached hydrogen (secondary N) is 1. The molecule has 0 bridgehead atoms. The number of amides is 2. The van der Waals surface area contributed by atoms with Crippen LogP contribution in [-0.4, -0.2) is 41.3 Å². The van der Waals surface area contributed by atoms with Gasteiger partial charge in [0, 0.05) is 49.4 Å². The zero-order valence-corrected chi connectivity index (χ0v) is 16.8. The topological polar surface area (TPSA) is 62.3 Å². The molecular weight excluding hydrogens is 393 g/mol. The zero-order chi connectivity index (χ0) is 20.4. The van der Waals surface area contributed by atoms with Crippen molar-refractivity contribution < 1.29 is 14.0 Å². The Bertz CT molecular complexity index is 914. The predicted molar refractivity (Wildman–Crippen MR) is 108 cm³/mol. The van der Waals surface area contributed by atoms with Crippen LogP contribution in [0.5, 0.6) is 0 Å². The van der Waals surface area contributed by atoms with E-state index in [4.69, 9.17) is 11.6 Å². The van der Waals surface area contributed by atoms with Crippen molar-refractivity contribution in [2.24, 2.45) is 11.3 Å². The molecule has 1 aliphatic carbocycles. The lowest BCUT2D eigenvalue weighted by Crippen LogP contribution is -2.40. The first kappa shape index (κ1) is 19.8. The fourth-order valence-electron chi connectivity index (χ4n) is 4.22. The maximum absolute atomic E-state index is 13.3. The number of pyridine rings is 1. The van der Waals surface area contributed by atoms with Gasteiger partial charge in [0.1, 0.15) is 5.82 Å². The van der Waals surface area contributed by atoms with Gasteiger partial charge in [-0.2, -0.15) is 0 Å². The summed E-state index contributed by atoms with van der Waals surface area (Å²) >= 11 is 5.79. The van der Waals surface area contributed by atoms with E-state index in [0.29, 0.717) is 25.2 Å². The highest BCUT2D eigenvalue weighted by Crippen LogP contribution is 2.59. The van der Waals surface area contributed by atoms with Crippen LogP contribution in [0.25, 0.3) is 0 Å². The van der Waals surface area contributed by atoms with Gasteiger partial charge >= 0.3 is 0 Å². The number of hydrogen-bond acceptors (Lipinski definition) is 3. The molecule has 1 spiro atoms. The van der Waals surface area contributed by atoms with Gasteiger partial charge in [-0.15, -0.1) is 0 Å². The van der Waals surface area contributed by atoms with Crippen molar-refractivity contribution >= 4 is 23.4 Å². The van der Waals surface area contributed by atoms with Gasteiger partial charge in [-0.1, -0.05) is 17.7 Å². The van der Waals surface area contributed by atoms with Crippen LogP contribution in [0.2, 0.25) is 5.02 Å². The first-order valence-corrected chi connectivity index (χ1v) is 10.3. The molecule has 0 radical (unpaired) electrons. The van der Waals surface area contributed by atoms with Crippen LogP contribution in [0, 0.1) is 17.2 Å². The van der Waals surface area contributed by atoms with Crippen LogP contribution >= 0.6 is 11.6 Å². The Kier molecular flexibility index (Phi) is 5.54. The molecular formula is C22H23ClFN3O2. The number of rotatable bonds is 5. The first-order chi connectivity index (χ1) is 14.0. The molecule has 1 atom stereocenters. The quantitative estimate of drug-likeness (QED) is 0.813. The highest BCUT2D eigenvalue weighted by atomic mass is 35.5. The van der Waals surface area contributed by atoms with E-state index >= 15 is 0 Å². The summed E-state index contributed by atoms with van der Waals surface area (Å²) in [5.74, 6) is -0.538. The first-order valence-electron chi connectivity index (χ1n) is 9.90. The van der Waals surface area contributed by atoms with Gasteiger partial charge in [0.2, 0.25) is 5.91 Å². The molecule has 1 N–H and O–H groups in total. The minimum Gasteiger partial charge on any atom is -0.355 e. The van der Waals surface area contributed by atoms with E-state index in [2.05, 4.69) is 10.3 Å². The number of benzene rings is 1. The number of carbonyl (C=O) groups is 2. The average molecular weight is 416 g/mol. The van der Waals surface area contributed by atoms with Crippen molar-refractivity contribution in [3.05, 3.63) is 64.7 Å². The Balaban J connectivity index is 1.26. The summed E-state index contributed by atoms with van der Waals surface area (Å²) in [5, 5.41) is 2.98. The number of piperidine rings is 1. The maximum atomic E-state index is 13.3. The fraction of sp³-hybridized carbons (Fsp3) is 0.409. The van der Waals surface area contributed by atoms with Gasteiger partial charge in [-0.05, 0) is 55.0 Å². The van der Waals surface area contributed by atoms with E-state index in [1.807, 2.05) is 18.2 Å². The fourth-order valence-corrected chi connectivity index (χ4v) is 4.40. The summed E-state index contributed by atoms with van der Waals surface area (Å²) in [7, 11) is 0. The molecule has 29 heavy (non-hydrogen) atoms. The molecule has 1 aromatic carbocycles. The third-order valence-electron chi connectivity index (χ3n) is 6.13. The van der Waals surface area contributed by atoms with Gasteiger partial charge in [0.25, 0.3) is 5.91 Å². The highest BCUT2D eigenvalue weighted by molar-refractivity contribution is 6.31. The van der Waals surface area contributed by atoms with E-state index < -0.39 is 5.82 Å². The normalized spacial score (nSPS) is 19.8. The molecule has 1 aliphatic heterocycles. The van der Waals surface area contributed by atoms with Gasteiger partial charge in [0.05, 0.1) is 5.02 Å². The summed E-state index contributed by atoms with van der Waals surface area (Å²) in [4.78, 5) is 31.2. The van der Waals surface area contributed by atoms with E-state index in [-0.39, 0.29) is 28.2 Å². The molecule has 2 heterocycles. The molecule has 4 rings (SSSR count). The zero-order valence-electron chi connectivity index (χ0n) is 16.0. The second-order valence-corrected chi connectivity index (χ2v) is 8.31. The van der Waals surface area contributed by atoms with Crippen molar-refractivity contribution in [2.75, 3.05) is 19.6 Å². The second kappa shape index (κ2) is 8.11. The van der Waals surface area contributed by atoms with Crippen molar-refractivity contribution in [1.29, 1.82) is 0 Å². The number of hydrogen-bond donors (Lipinski definition) is 1. The predicted octanol–water partition coefficient (Wildman–Crippen LogP) is 3.48. The summed E-state index contributed by atoms with van der Waals surface area (Å²) in [6.45, 7) is 1.79. The van der Waals surface area contributed by atoms with E-state index in [9.17, 15) is 14.0 Å². The minimum atomic E-state index is -0.532. The summed E-state index contributed by atoms with van der Waals surface area (Å²) in [5.41, 5.74) is 1.38. The Morgan fingerprint density at radius 3 is 2.72 bits per heavy atom. The second-order valence-electron chi connectivity index (χ2n) is 7.90. The molecule has 2 fully saturated rings. The summed E-state index contributed by atoms with van der Waals surface area (Å²) < 4.78 is 13.3. The third kappa shape index (κ3) is 4.27. The monoisotopic (exact) mass is 415 g/mol. The smallest absolute Gasteiger partial charge is 0.253 e. The molecule has 2 aliphatic rings. The molecule has 2 aromatic rings. The molecule has 1 unspecified atom stereocenters. The number of nitrogens with zero attached hydrogens (tertiary/aromatic N) is 2. The van der Waals surface area contributed by atoms with Crippen molar-refractivity contribution in [3.8, 4) is 0 Å². The molecule has 5 nitrogen and oxygen atoms in total. The van der Waals surface area contributed by atoms with Gasteiger partial charge in [-0.25, -0.2) is 4.39 Å². The molecule has 1 saturated heterocycles. The lowest BCUT2D eigenvalue weighted by Gasteiger charge is -2.33. The van der Waals surface area contributed by atoms with E-state index in [1.165, 1.54) is 18.2 Å². The van der Waals surface area contributed by atoms with E-state index in [1.54, 1.807) is 11.1 Å². The van der Waals surface area contributed by atoms with Gasteiger partial charge < -0.3 is 10.2 Å². The van der Waals surface area contributed by atoms with Crippen molar-refractivity contribution in [2.45, 2.75) is 25.7 Å². The Labute approximate surface area is 174 Å².